The molecular formula is C26H34ClF3N2O2. The third kappa shape index (κ3) is 9.45. The minimum absolute atomic E-state index is 0.0423. The van der Waals surface area contributed by atoms with Gasteiger partial charge in [-0.2, -0.15) is 13.2 Å². The molecule has 0 aliphatic heterocycles. The number of amides is 2. The van der Waals surface area contributed by atoms with E-state index in [1.807, 2.05) is 24.3 Å². The number of rotatable bonds is 13. The Hall–Kier alpha value is -2.41. The molecule has 0 heterocycles. The maximum atomic E-state index is 13.5. The van der Waals surface area contributed by atoms with Crippen molar-refractivity contribution in [3.8, 4) is 5.75 Å². The van der Waals surface area contributed by atoms with Gasteiger partial charge in [0.2, 0.25) is 0 Å². The van der Waals surface area contributed by atoms with Crippen molar-refractivity contribution >= 4 is 23.3 Å². The van der Waals surface area contributed by atoms with Crippen LogP contribution in [0.1, 0.15) is 69.9 Å². The number of carbonyl (C=O) groups is 1. The van der Waals surface area contributed by atoms with Crippen LogP contribution < -0.4 is 10.1 Å². The smallest absolute Gasteiger partial charge is 0.418 e. The van der Waals surface area contributed by atoms with Crippen LogP contribution in [0.4, 0.5) is 23.7 Å². The molecule has 2 amide bonds. The Balaban J connectivity index is 2.13. The molecular weight excluding hydrogens is 465 g/mol. The molecule has 0 saturated heterocycles. The van der Waals surface area contributed by atoms with Crippen LogP contribution in [0.15, 0.2) is 42.5 Å². The van der Waals surface area contributed by atoms with Crippen LogP contribution in [-0.2, 0) is 12.7 Å². The predicted molar refractivity (Wildman–Crippen MR) is 131 cm³/mol. The number of benzene rings is 2. The molecule has 0 unspecified atom stereocenters. The molecule has 188 valence electrons. The van der Waals surface area contributed by atoms with Crippen molar-refractivity contribution in [3.05, 3.63) is 58.6 Å². The number of nitrogens with one attached hydrogen (secondary N) is 1. The van der Waals surface area contributed by atoms with Crippen LogP contribution in [0.5, 0.6) is 5.75 Å². The van der Waals surface area contributed by atoms with Gasteiger partial charge in [-0.05, 0) is 48.7 Å². The lowest BCUT2D eigenvalue weighted by Gasteiger charge is -2.24. The van der Waals surface area contributed by atoms with Crippen molar-refractivity contribution in [3.63, 3.8) is 0 Å². The van der Waals surface area contributed by atoms with E-state index in [0.717, 1.165) is 62.3 Å². The van der Waals surface area contributed by atoms with Crippen LogP contribution in [-0.4, -0.2) is 24.1 Å². The molecule has 0 spiro atoms. The van der Waals surface area contributed by atoms with Crippen LogP contribution in [0.25, 0.3) is 0 Å². The summed E-state index contributed by atoms with van der Waals surface area (Å²) < 4.78 is 46.1. The minimum atomic E-state index is -4.63. The third-order valence-electron chi connectivity index (χ3n) is 5.41. The van der Waals surface area contributed by atoms with Crippen LogP contribution in [0.3, 0.4) is 0 Å². The van der Waals surface area contributed by atoms with E-state index < -0.39 is 17.8 Å². The fourth-order valence-corrected chi connectivity index (χ4v) is 3.63. The Morgan fingerprint density at radius 2 is 1.65 bits per heavy atom. The van der Waals surface area contributed by atoms with E-state index >= 15 is 0 Å². The molecule has 0 aromatic heterocycles. The Morgan fingerprint density at radius 3 is 2.29 bits per heavy atom. The first-order valence-electron chi connectivity index (χ1n) is 11.9. The summed E-state index contributed by atoms with van der Waals surface area (Å²) in [4.78, 5) is 14.6. The predicted octanol–water partition coefficient (Wildman–Crippen LogP) is 8.54. The van der Waals surface area contributed by atoms with Crippen molar-refractivity contribution in [1.29, 1.82) is 0 Å². The van der Waals surface area contributed by atoms with Gasteiger partial charge in [-0.1, -0.05) is 69.7 Å². The topological polar surface area (TPSA) is 41.6 Å². The molecule has 34 heavy (non-hydrogen) atoms. The highest BCUT2D eigenvalue weighted by atomic mass is 35.5. The standard InChI is InChI=1S/C26H34ClF3N2O2/c1-3-5-7-8-9-16-32(19-20-10-13-22(14-11-20)34-17-6-4-2)25(33)31-24-15-12-21(27)18-23(24)26(28,29)30/h10-15,18H,3-9,16-17,19H2,1-2H3,(H,31,33). The number of urea groups is 1. The van der Waals surface area contributed by atoms with E-state index in [1.54, 1.807) is 4.90 Å². The number of unbranched alkanes of at least 4 members (excludes halogenated alkanes) is 5. The van der Waals surface area contributed by atoms with Crippen molar-refractivity contribution in [1.82, 2.24) is 4.90 Å². The number of carbonyl (C=O) groups excluding carboxylic acids is 1. The van der Waals surface area contributed by atoms with E-state index in [4.69, 9.17) is 16.3 Å². The Morgan fingerprint density at radius 1 is 0.971 bits per heavy atom. The van der Waals surface area contributed by atoms with Gasteiger partial charge in [-0.25, -0.2) is 4.79 Å². The monoisotopic (exact) mass is 498 g/mol. The molecule has 1 N–H and O–H groups in total. The Kier molecular flexibility index (Phi) is 11.5. The minimum Gasteiger partial charge on any atom is -0.494 e. The summed E-state index contributed by atoms with van der Waals surface area (Å²) in [5, 5.41) is 2.40. The molecule has 4 nitrogen and oxygen atoms in total. The number of hydrogen-bond donors (Lipinski definition) is 1. The fraction of sp³-hybridized carbons (Fsp3) is 0.500. The van der Waals surface area contributed by atoms with Crippen LogP contribution in [0, 0.1) is 0 Å². The summed E-state index contributed by atoms with van der Waals surface area (Å²) >= 11 is 5.76. The molecule has 0 aliphatic carbocycles. The zero-order valence-corrected chi connectivity index (χ0v) is 20.6. The first-order chi connectivity index (χ1) is 16.2. The first kappa shape index (κ1) is 27.8. The number of halogens is 4. The van der Waals surface area contributed by atoms with Gasteiger partial charge in [-0.3, -0.25) is 0 Å². The van der Waals surface area contributed by atoms with Gasteiger partial charge in [0.25, 0.3) is 0 Å². The first-order valence-corrected chi connectivity index (χ1v) is 12.3. The summed E-state index contributed by atoms with van der Waals surface area (Å²) in [7, 11) is 0. The number of anilines is 1. The lowest BCUT2D eigenvalue weighted by atomic mass is 10.1. The molecule has 0 bridgehead atoms. The highest BCUT2D eigenvalue weighted by Gasteiger charge is 2.34. The molecule has 2 aromatic rings. The van der Waals surface area contributed by atoms with Gasteiger partial charge in [0, 0.05) is 18.1 Å². The van der Waals surface area contributed by atoms with Crippen molar-refractivity contribution < 1.29 is 22.7 Å². The van der Waals surface area contributed by atoms with Crippen LogP contribution in [0.2, 0.25) is 5.02 Å². The molecule has 0 aliphatic rings. The van der Waals surface area contributed by atoms with E-state index in [-0.39, 0.29) is 17.3 Å². The molecule has 2 rings (SSSR count). The Labute approximate surface area is 205 Å². The van der Waals surface area contributed by atoms with E-state index in [0.29, 0.717) is 13.2 Å². The molecule has 0 radical (unpaired) electrons. The van der Waals surface area contributed by atoms with Gasteiger partial charge >= 0.3 is 12.2 Å². The summed E-state index contributed by atoms with van der Waals surface area (Å²) in [6, 6.07) is 10.2. The van der Waals surface area contributed by atoms with Gasteiger partial charge in [-0.15, -0.1) is 0 Å². The zero-order valence-electron chi connectivity index (χ0n) is 19.9. The maximum absolute atomic E-state index is 13.5. The second-order valence-corrected chi connectivity index (χ2v) is 8.74. The van der Waals surface area contributed by atoms with Crippen molar-refractivity contribution in [2.75, 3.05) is 18.5 Å². The summed E-state index contributed by atoms with van der Waals surface area (Å²) in [6.45, 7) is 5.59. The average molecular weight is 499 g/mol. The second kappa shape index (κ2) is 14.1. The fourth-order valence-electron chi connectivity index (χ4n) is 3.46. The summed E-state index contributed by atoms with van der Waals surface area (Å²) in [6.07, 6.45) is 2.40. The van der Waals surface area contributed by atoms with E-state index in [1.165, 1.54) is 12.1 Å². The SMILES string of the molecule is CCCCCCCN(Cc1ccc(OCCCC)cc1)C(=O)Nc1ccc(Cl)cc1C(F)(F)F. The number of alkyl halides is 3. The molecule has 0 fully saturated rings. The van der Waals surface area contributed by atoms with Gasteiger partial charge in [0.1, 0.15) is 5.75 Å². The largest absolute Gasteiger partial charge is 0.494 e. The summed E-state index contributed by atoms with van der Waals surface area (Å²) in [5.74, 6) is 0.753. The van der Waals surface area contributed by atoms with Crippen molar-refractivity contribution in [2.24, 2.45) is 0 Å². The third-order valence-corrected chi connectivity index (χ3v) is 5.65. The molecule has 8 heteroatoms. The lowest BCUT2D eigenvalue weighted by molar-refractivity contribution is -0.136. The highest BCUT2D eigenvalue weighted by Crippen LogP contribution is 2.36. The van der Waals surface area contributed by atoms with Gasteiger partial charge in [0.05, 0.1) is 17.9 Å². The zero-order chi connectivity index (χ0) is 25.0. The molecule has 2 aromatic carbocycles. The Bertz CT molecular complexity index is 889. The number of ether oxygens (including phenoxy) is 1. The molecule has 0 saturated carbocycles. The maximum Gasteiger partial charge on any atom is 0.418 e. The lowest BCUT2D eigenvalue weighted by Crippen LogP contribution is -2.35. The second-order valence-electron chi connectivity index (χ2n) is 8.30. The van der Waals surface area contributed by atoms with Crippen LogP contribution >= 0.6 is 11.6 Å². The summed E-state index contributed by atoms with van der Waals surface area (Å²) in [5.41, 5.74) is -0.402. The highest BCUT2D eigenvalue weighted by molar-refractivity contribution is 6.30. The number of hydrogen-bond acceptors (Lipinski definition) is 2. The van der Waals surface area contributed by atoms with E-state index in [9.17, 15) is 18.0 Å². The number of nitrogens with zero attached hydrogens (tertiary/aromatic N) is 1. The average Bonchev–Trinajstić information content (AvgIpc) is 2.79. The van der Waals surface area contributed by atoms with Gasteiger partial charge in [0.15, 0.2) is 0 Å². The van der Waals surface area contributed by atoms with Crippen molar-refractivity contribution in [2.45, 2.75) is 71.5 Å². The molecule has 0 atom stereocenters. The van der Waals surface area contributed by atoms with E-state index in [2.05, 4.69) is 19.2 Å². The normalized spacial score (nSPS) is 11.4. The van der Waals surface area contributed by atoms with Gasteiger partial charge < -0.3 is 15.0 Å². The quantitative estimate of drug-likeness (QED) is 0.281.